The summed E-state index contributed by atoms with van der Waals surface area (Å²) in [6, 6.07) is 16.1. The van der Waals surface area contributed by atoms with E-state index in [1.165, 1.54) is 62.1 Å². The summed E-state index contributed by atoms with van der Waals surface area (Å²) < 4.78 is 0. The molecule has 46 heavy (non-hydrogen) atoms. The second-order valence-corrected chi connectivity index (χ2v) is 10.2. The van der Waals surface area contributed by atoms with Crippen LogP contribution < -0.4 is 16.4 Å². The van der Waals surface area contributed by atoms with E-state index < -0.39 is 5.97 Å². The Hall–Kier alpha value is -4.54. The highest BCUT2D eigenvalue weighted by Gasteiger charge is 2.07. The third-order valence-corrected chi connectivity index (χ3v) is 6.71. The molecule has 7 heteroatoms. The number of nitrogens with two attached hydrogens (primary N) is 1. The van der Waals surface area contributed by atoms with Crippen molar-refractivity contribution in [3.8, 4) is 12.3 Å². The van der Waals surface area contributed by atoms with Crippen molar-refractivity contribution in [2.75, 3.05) is 44.9 Å². The molecule has 0 spiro atoms. The van der Waals surface area contributed by atoms with Crippen LogP contribution in [-0.4, -0.2) is 56.6 Å². The standard InChI is InChI=1S/C16H15NO2.C10H15N.C5H9NO.C5H8.C2H6.CH5N/c1-4-6-14(11-12(5-2)16(18)19)13-7-9-15(17-3)10-8-13;1-8(2)9-4-6-10(11-3)7-5-9;7-5-6-3-1-2-4-6;1-5-3-2-4-5;2*1-2/h2,4,6-11,17H,1H2,3H3,(H,18,19);4-8,11H,1-3H3;5H,1-4H2;1-4H2;1-2H3;2H2,1H3/b12-11+,14-6+;;;;;. The second-order valence-electron chi connectivity index (χ2n) is 10.2. The van der Waals surface area contributed by atoms with Crippen molar-refractivity contribution in [1.82, 2.24) is 4.90 Å². The van der Waals surface area contributed by atoms with Crippen LogP contribution in [0.2, 0.25) is 0 Å². The topological polar surface area (TPSA) is 108 Å². The molecule has 4 rings (SSSR count). The van der Waals surface area contributed by atoms with Gasteiger partial charge in [0.2, 0.25) is 6.41 Å². The lowest BCUT2D eigenvalue weighted by Crippen LogP contribution is -2.15. The van der Waals surface area contributed by atoms with E-state index in [2.05, 4.69) is 73.6 Å². The number of nitrogens with one attached hydrogen (secondary N) is 2. The van der Waals surface area contributed by atoms with E-state index in [4.69, 9.17) is 11.5 Å². The number of carboxylic acid groups (broad SMARTS) is 1. The van der Waals surface area contributed by atoms with Gasteiger partial charge < -0.3 is 26.4 Å². The van der Waals surface area contributed by atoms with Crippen LogP contribution in [0.1, 0.15) is 76.8 Å². The summed E-state index contributed by atoms with van der Waals surface area (Å²) in [4.78, 5) is 22.7. The summed E-state index contributed by atoms with van der Waals surface area (Å²) >= 11 is 0. The van der Waals surface area contributed by atoms with E-state index in [0.717, 1.165) is 30.8 Å². The molecule has 0 radical (unpaired) electrons. The summed E-state index contributed by atoms with van der Waals surface area (Å²) in [6.45, 7) is 17.7. The van der Waals surface area contributed by atoms with E-state index in [1.54, 1.807) is 17.1 Å². The number of hydrogen-bond acceptors (Lipinski definition) is 5. The molecule has 0 unspecified atom stereocenters. The molecule has 1 amide bonds. The van der Waals surface area contributed by atoms with Gasteiger partial charge in [0.05, 0.1) is 0 Å². The molecule has 1 aliphatic heterocycles. The number of carbonyl (C=O) groups excluding carboxylic acids is 1. The summed E-state index contributed by atoms with van der Waals surface area (Å²) in [5.41, 5.74) is 11.0. The largest absolute Gasteiger partial charge is 0.477 e. The number of carbonyl (C=O) groups is 2. The summed E-state index contributed by atoms with van der Waals surface area (Å²) in [5, 5.41) is 15.1. The highest BCUT2D eigenvalue weighted by Crippen LogP contribution is 2.22. The molecule has 7 nitrogen and oxygen atoms in total. The summed E-state index contributed by atoms with van der Waals surface area (Å²) in [5.74, 6) is 1.66. The molecule has 2 aromatic carbocycles. The maximum atomic E-state index is 10.9. The zero-order valence-electron chi connectivity index (χ0n) is 29.2. The number of allylic oxidation sites excluding steroid dienone is 5. The van der Waals surface area contributed by atoms with Crippen molar-refractivity contribution in [3.63, 3.8) is 0 Å². The number of carboxylic acids is 1. The van der Waals surface area contributed by atoms with E-state index >= 15 is 0 Å². The molecule has 5 N–H and O–H groups in total. The third kappa shape index (κ3) is 19.0. The number of anilines is 2. The van der Waals surface area contributed by atoms with Crippen LogP contribution in [0.25, 0.3) is 5.57 Å². The van der Waals surface area contributed by atoms with Gasteiger partial charge in [-0.15, -0.1) is 6.42 Å². The highest BCUT2D eigenvalue weighted by molar-refractivity contribution is 5.95. The SMILES string of the molecule is C#C/C(=C\C(=C/C=C)c1ccc(NC)cc1)C(=O)O.C=C1CCC1.CC.CN.CNc1ccc(C(C)C)cc1.O=CN1CCCC1. The Morgan fingerprint density at radius 3 is 1.70 bits per heavy atom. The molecular weight excluding hydrogens is 572 g/mol. The number of amides is 1. The maximum Gasteiger partial charge on any atom is 0.344 e. The lowest BCUT2D eigenvalue weighted by molar-refractivity contribution is -0.132. The van der Waals surface area contributed by atoms with Crippen LogP contribution in [0, 0.1) is 12.3 Å². The van der Waals surface area contributed by atoms with Gasteiger partial charge in [-0.1, -0.05) is 88.8 Å². The summed E-state index contributed by atoms with van der Waals surface area (Å²) in [6.07, 6.45) is 17.2. The molecule has 0 atom stereocenters. The van der Waals surface area contributed by atoms with Crippen LogP contribution in [0.5, 0.6) is 0 Å². The number of benzene rings is 2. The number of hydrogen-bond donors (Lipinski definition) is 4. The molecule has 252 valence electrons. The fraction of sp³-hybridized carbons (Fsp3) is 0.385. The smallest absolute Gasteiger partial charge is 0.344 e. The van der Waals surface area contributed by atoms with Crippen LogP contribution in [0.15, 0.2) is 91.1 Å². The van der Waals surface area contributed by atoms with E-state index in [0.29, 0.717) is 11.5 Å². The average molecular weight is 631 g/mol. The number of nitrogens with zero attached hydrogens (tertiary/aromatic N) is 1. The Morgan fingerprint density at radius 2 is 1.41 bits per heavy atom. The van der Waals surface area contributed by atoms with Crippen molar-refractivity contribution in [2.45, 2.75) is 65.7 Å². The fourth-order valence-electron chi connectivity index (χ4n) is 3.81. The van der Waals surface area contributed by atoms with Gasteiger partial charge in [0.1, 0.15) is 5.57 Å². The van der Waals surface area contributed by atoms with Gasteiger partial charge in [0.15, 0.2) is 0 Å². The van der Waals surface area contributed by atoms with Crippen molar-refractivity contribution < 1.29 is 14.7 Å². The number of terminal acetylenes is 1. The minimum Gasteiger partial charge on any atom is -0.477 e. The quantitative estimate of drug-likeness (QED) is 0.0768. The zero-order chi connectivity index (χ0) is 35.3. The highest BCUT2D eigenvalue weighted by atomic mass is 16.4. The molecular formula is C39H58N4O3. The lowest BCUT2D eigenvalue weighted by Gasteiger charge is -2.11. The Balaban J connectivity index is 0. The molecule has 0 bridgehead atoms. The predicted molar refractivity (Wildman–Crippen MR) is 200 cm³/mol. The van der Waals surface area contributed by atoms with Gasteiger partial charge in [0, 0.05) is 38.6 Å². The van der Waals surface area contributed by atoms with Crippen LogP contribution >= 0.6 is 0 Å². The molecule has 1 saturated heterocycles. The first-order valence-corrected chi connectivity index (χ1v) is 15.9. The zero-order valence-corrected chi connectivity index (χ0v) is 29.2. The number of aliphatic carboxylic acids is 1. The lowest BCUT2D eigenvalue weighted by atomic mass is 9.95. The van der Waals surface area contributed by atoms with Crippen molar-refractivity contribution >= 4 is 29.3 Å². The Bertz CT molecular complexity index is 1230. The first-order valence-electron chi connectivity index (χ1n) is 15.9. The van der Waals surface area contributed by atoms with Gasteiger partial charge in [-0.25, -0.2) is 4.79 Å². The fourth-order valence-corrected chi connectivity index (χ4v) is 3.81. The second kappa shape index (κ2) is 28.0. The number of likely N-dealkylation sites (tertiary alicyclic amines) is 1. The number of rotatable bonds is 8. The normalized spacial score (nSPS) is 13.0. The minimum absolute atomic E-state index is 0.0919. The molecule has 1 aliphatic carbocycles. The van der Waals surface area contributed by atoms with E-state index in [9.17, 15) is 9.59 Å². The minimum atomic E-state index is -1.12. The van der Waals surface area contributed by atoms with E-state index in [-0.39, 0.29) is 5.57 Å². The van der Waals surface area contributed by atoms with Crippen molar-refractivity contribution in [1.29, 1.82) is 0 Å². The Labute approximate surface area is 279 Å². The maximum absolute atomic E-state index is 10.9. The van der Waals surface area contributed by atoms with Crippen LogP contribution in [-0.2, 0) is 9.59 Å². The molecule has 1 heterocycles. The first kappa shape index (κ1) is 43.6. The Morgan fingerprint density at radius 1 is 0.957 bits per heavy atom. The molecule has 0 aromatic heterocycles. The summed E-state index contributed by atoms with van der Waals surface area (Å²) in [7, 11) is 5.26. The van der Waals surface area contributed by atoms with Crippen LogP contribution in [0.4, 0.5) is 11.4 Å². The van der Waals surface area contributed by atoms with E-state index in [1.807, 2.05) is 52.2 Å². The third-order valence-electron chi connectivity index (χ3n) is 6.71. The van der Waals surface area contributed by atoms with Crippen molar-refractivity contribution in [2.24, 2.45) is 5.73 Å². The molecule has 2 aliphatic rings. The Kier molecular flexibility index (Phi) is 26.5. The van der Waals surface area contributed by atoms with Gasteiger partial charge in [-0.2, -0.15) is 0 Å². The monoisotopic (exact) mass is 630 g/mol. The van der Waals surface area contributed by atoms with Gasteiger partial charge in [-0.3, -0.25) is 4.79 Å². The van der Waals surface area contributed by atoms with Crippen LogP contribution in [0.3, 0.4) is 0 Å². The van der Waals surface area contributed by atoms with Gasteiger partial charge in [0.25, 0.3) is 0 Å². The molecule has 2 aromatic rings. The van der Waals surface area contributed by atoms with Gasteiger partial charge >= 0.3 is 5.97 Å². The molecule has 1 saturated carbocycles. The first-order chi connectivity index (χ1) is 22.2. The average Bonchev–Trinajstić information content (AvgIpc) is 3.63. The predicted octanol–water partition coefficient (Wildman–Crippen LogP) is 8.36. The van der Waals surface area contributed by atoms with Gasteiger partial charge in [-0.05, 0) is 92.1 Å². The molecule has 2 fully saturated rings. The van der Waals surface area contributed by atoms with Crippen molar-refractivity contribution in [3.05, 3.63) is 102 Å².